The predicted octanol–water partition coefficient (Wildman–Crippen LogP) is 7.73. The normalized spacial score (nSPS) is 19.4. The molecule has 4 aliphatic rings. The molecular weight excluding hydrogens is 620 g/mol. The largest absolute Gasteiger partial charge is 0.481 e. The first-order valence-corrected chi connectivity index (χ1v) is 17.6. The van der Waals surface area contributed by atoms with Crippen molar-refractivity contribution in [2.75, 3.05) is 25.6 Å². The average molecular weight is 662 g/mol. The Labute approximate surface area is 294 Å². The van der Waals surface area contributed by atoms with Gasteiger partial charge in [0.2, 0.25) is 17.7 Å². The van der Waals surface area contributed by atoms with E-state index in [1.165, 1.54) is 5.56 Å². The fraction of sp³-hybridized carbons (Fsp3) is 0.256. The number of methoxy groups -OCH3 is 1. The minimum atomic E-state index is -1.01. The molecule has 7 nitrogen and oxygen atoms in total. The number of anilines is 1. The number of fused-ring (bicyclic) bond motifs is 2. The van der Waals surface area contributed by atoms with Crippen molar-refractivity contribution in [3.8, 4) is 17.0 Å². The van der Waals surface area contributed by atoms with Crippen LogP contribution in [0.4, 0.5) is 5.69 Å². The topological polar surface area (TPSA) is 66.9 Å². The molecule has 1 unspecified atom stereocenters. The lowest BCUT2D eigenvalue weighted by Crippen LogP contribution is -2.61. The van der Waals surface area contributed by atoms with Crippen LogP contribution in [0.2, 0.25) is 0 Å². The summed E-state index contributed by atoms with van der Waals surface area (Å²) in [7, 11) is 1.61. The standard InChI is InChI=1S/C43H40N4O3/c1-49-38-26-31(22-25-44-38)36-21-20-30-12-11-19-35(30)40(36)45-41(48)37-27-39-46(28-42(23-24-42)29-50-39)47(37)43(32-13-5-2-6-14-32,33-15-7-3-8-16-33)34-17-9-4-10-18-34/h2-10,13-18,20-22,25-27,37H,11-12,19,23-24,28-29H2,1H3,(H,45,48)/i27D. The van der Waals surface area contributed by atoms with Crippen LogP contribution in [-0.2, 0) is 27.9 Å². The van der Waals surface area contributed by atoms with Gasteiger partial charge in [-0.25, -0.2) is 4.98 Å². The number of nitrogens with zero attached hydrogens (tertiary/aromatic N) is 3. The van der Waals surface area contributed by atoms with Crippen LogP contribution in [0.25, 0.3) is 11.1 Å². The summed E-state index contributed by atoms with van der Waals surface area (Å²) in [6.45, 7) is 1.23. The van der Waals surface area contributed by atoms with E-state index in [2.05, 4.69) is 105 Å². The fourth-order valence-corrected chi connectivity index (χ4v) is 8.23. The molecule has 1 aromatic heterocycles. The highest BCUT2D eigenvalue weighted by Gasteiger charge is 2.58. The van der Waals surface area contributed by atoms with Gasteiger partial charge in [-0.3, -0.25) is 9.80 Å². The number of benzene rings is 4. The van der Waals surface area contributed by atoms with Crippen LogP contribution in [0.5, 0.6) is 5.88 Å². The number of ether oxygens (including phenoxy) is 2. The van der Waals surface area contributed by atoms with Gasteiger partial charge >= 0.3 is 0 Å². The van der Waals surface area contributed by atoms with Gasteiger partial charge in [-0.15, -0.1) is 0 Å². The van der Waals surface area contributed by atoms with Crippen LogP contribution in [0.3, 0.4) is 0 Å². The SMILES string of the molecule is [2H]C1=C2OCC3(CC3)CN2N(C(c2ccccc2)(c2ccccc2)c2ccccc2)C1C(=O)Nc1c(-c2ccnc(OC)c2)ccc2c1CCC2. The Morgan fingerprint density at radius 1 is 0.920 bits per heavy atom. The molecule has 2 aliphatic carbocycles. The third-order valence-corrected chi connectivity index (χ3v) is 10.9. The van der Waals surface area contributed by atoms with Gasteiger partial charge in [0.05, 0.1) is 20.8 Å². The van der Waals surface area contributed by atoms with E-state index in [-0.39, 0.29) is 17.4 Å². The van der Waals surface area contributed by atoms with E-state index in [4.69, 9.17) is 9.47 Å². The Bertz CT molecular complexity index is 2040. The first-order valence-electron chi connectivity index (χ1n) is 18.1. The van der Waals surface area contributed by atoms with E-state index >= 15 is 4.79 Å². The van der Waals surface area contributed by atoms with Crippen molar-refractivity contribution >= 4 is 11.6 Å². The number of hydrogen-bond acceptors (Lipinski definition) is 6. The summed E-state index contributed by atoms with van der Waals surface area (Å²) in [5, 5.41) is 7.73. The second-order valence-electron chi connectivity index (χ2n) is 13.9. The van der Waals surface area contributed by atoms with Gasteiger partial charge < -0.3 is 14.8 Å². The van der Waals surface area contributed by atoms with Crippen molar-refractivity contribution in [2.24, 2.45) is 5.41 Å². The highest BCUT2D eigenvalue weighted by atomic mass is 16.5. The van der Waals surface area contributed by atoms with Gasteiger partial charge in [0.1, 0.15) is 11.6 Å². The molecule has 2 aliphatic heterocycles. The van der Waals surface area contributed by atoms with Crippen molar-refractivity contribution in [3.05, 3.63) is 161 Å². The lowest BCUT2D eigenvalue weighted by atomic mass is 9.75. The van der Waals surface area contributed by atoms with E-state index in [0.717, 1.165) is 71.2 Å². The number of hydrazine groups is 1. The predicted molar refractivity (Wildman–Crippen MR) is 194 cm³/mol. The zero-order valence-corrected chi connectivity index (χ0v) is 28.1. The number of pyridine rings is 1. The lowest BCUT2D eigenvalue weighted by molar-refractivity contribution is -0.148. The molecule has 3 heterocycles. The summed E-state index contributed by atoms with van der Waals surface area (Å²) in [6.07, 6.45) is 6.69. The maximum atomic E-state index is 15.4. The molecule has 1 spiro atoms. The number of nitrogens with one attached hydrogen (secondary N) is 1. The van der Waals surface area contributed by atoms with Crippen LogP contribution in [0, 0.1) is 5.41 Å². The van der Waals surface area contributed by atoms with Crippen LogP contribution in [0.1, 0.15) is 48.5 Å². The van der Waals surface area contributed by atoms with Gasteiger partial charge in [0.25, 0.3) is 0 Å². The molecule has 250 valence electrons. The van der Waals surface area contributed by atoms with Gasteiger partial charge in [0, 0.05) is 35.8 Å². The number of rotatable bonds is 8. The first kappa shape index (κ1) is 29.5. The molecule has 7 heteroatoms. The summed E-state index contributed by atoms with van der Waals surface area (Å²) in [4.78, 5) is 19.7. The Kier molecular flexibility index (Phi) is 7.19. The summed E-state index contributed by atoms with van der Waals surface area (Å²) < 4.78 is 21.8. The third-order valence-electron chi connectivity index (χ3n) is 10.9. The Balaban J connectivity index is 1.25. The highest BCUT2D eigenvalue weighted by Crippen LogP contribution is 2.55. The van der Waals surface area contributed by atoms with Crippen molar-refractivity contribution in [2.45, 2.75) is 43.7 Å². The lowest BCUT2D eigenvalue weighted by Gasteiger charge is -2.51. The van der Waals surface area contributed by atoms with Gasteiger partial charge in [-0.1, -0.05) is 103 Å². The van der Waals surface area contributed by atoms with Crippen molar-refractivity contribution in [3.63, 3.8) is 0 Å². The van der Waals surface area contributed by atoms with Crippen LogP contribution >= 0.6 is 0 Å². The molecule has 2 fully saturated rings. The minimum absolute atomic E-state index is 0.00295. The summed E-state index contributed by atoms with van der Waals surface area (Å²) in [6, 6.07) is 38.4. The molecule has 1 saturated heterocycles. The van der Waals surface area contributed by atoms with Gasteiger partial charge in [-0.2, -0.15) is 5.01 Å². The Hall–Kier alpha value is -5.40. The monoisotopic (exact) mass is 661 g/mol. The molecule has 1 saturated carbocycles. The zero-order valence-electron chi connectivity index (χ0n) is 29.1. The smallest absolute Gasteiger partial charge is 0.247 e. The molecule has 1 amide bonds. The number of amides is 1. The number of carbonyl (C=O) groups is 1. The second-order valence-corrected chi connectivity index (χ2v) is 13.9. The fourth-order valence-electron chi connectivity index (χ4n) is 8.23. The first-order chi connectivity index (χ1) is 25.0. The van der Waals surface area contributed by atoms with Gasteiger partial charge in [-0.05, 0) is 71.6 Å². The molecule has 0 radical (unpaired) electrons. The number of aryl methyl sites for hydroxylation is 1. The molecular formula is C43H40N4O3. The molecule has 0 bridgehead atoms. The zero-order chi connectivity index (χ0) is 34.6. The number of carbonyl (C=O) groups excluding carboxylic acids is 1. The maximum Gasteiger partial charge on any atom is 0.247 e. The maximum absolute atomic E-state index is 15.4. The number of hydrogen-bond donors (Lipinski definition) is 1. The van der Waals surface area contributed by atoms with E-state index in [0.29, 0.717) is 24.9 Å². The van der Waals surface area contributed by atoms with Gasteiger partial charge in [0.15, 0.2) is 0 Å². The highest BCUT2D eigenvalue weighted by molar-refractivity contribution is 6.01. The third kappa shape index (κ3) is 4.99. The summed E-state index contributed by atoms with van der Waals surface area (Å²) >= 11 is 0. The average Bonchev–Trinajstić information content (AvgIpc) is 3.62. The minimum Gasteiger partial charge on any atom is -0.481 e. The van der Waals surface area contributed by atoms with Crippen molar-refractivity contribution in [1.82, 2.24) is 15.0 Å². The molecule has 5 aromatic rings. The van der Waals surface area contributed by atoms with E-state index < -0.39 is 11.6 Å². The van der Waals surface area contributed by atoms with Crippen LogP contribution < -0.4 is 10.1 Å². The van der Waals surface area contributed by atoms with E-state index in [1.54, 1.807) is 13.3 Å². The Morgan fingerprint density at radius 2 is 1.58 bits per heavy atom. The Morgan fingerprint density at radius 3 is 2.20 bits per heavy atom. The van der Waals surface area contributed by atoms with E-state index in [1.807, 2.05) is 30.3 Å². The number of aromatic nitrogens is 1. The van der Waals surface area contributed by atoms with Crippen molar-refractivity contribution in [1.29, 1.82) is 0 Å². The molecule has 4 aromatic carbocycles. The van der Waals surface area contributed by atoms with Crippen LogP contribution in [-0.4, -0.2) is 47.2 Å². The van der Waals surface area contributed by atoms with Crippen molar-refractivity contribution < 1.29 is 15.6 Å². The van der Waals surface area contributed by atoms with E-state index in [9.17, 15) is 1.37 Å². The molecule has 1 N–H and O–H groups in total. The molecule has 1 atom stereocenters. The quantitative estimate of drug-likeness (QED) is 0.172. The van der Waals surface area contributed by atoms with Crippen LogP contribution in [0.15, 0.2) is 133 Å². The molecule has 50 heavy (non-hydrogen) atoms. The molecule has 9 rings (SSSR count). The summed E-state index contributed by atoms with van der Waals surface area (Å²) in [5.41, 5.74) is 6.98. The summed E-state index contributed by atoms with van der Waals surface area (Å²) in [5.74, 6) is 0.689. The second kappa shape index (κ2) is 12.2.